The van der Waals surface area contributed by atoms with Crippen molar-refractivity contribution in [1.82, 2.24) is 19.8 Å². The summed E-state index contributed by atoms with van der Waals surface area (Å²) in [4.78, 5) is 0. The quantitative estimate of drug-likeness (QED) is 0.498. The van der Waals surface area contributed by atoms with Crippen LogP contribution in [-0.2, 0) is 5.75 Å². The highest BCUT2D eigenvalue weighted by Gasteiger charge is 2.09. The SMILES string of the molecule is Clc1ccc(-c2ccc3nnc(SCc4ccccc4)n3n2)cc1. The van der Waals surface area contributed by atoms with Crippen molar-refractivity contribution in [2.45, 2.75) is 10.9 Å². The van der Waals surface area contributed by atoms with Gasteiger partial charge in [0.1, 0.15) is 0 Å². The molecule has 0 fully saturated rings. The first kappa shape index (κ1) is 15.2. The molecule has 0 radical (unpaired) electrons. The molecule has 2 heterocycles. The maximum absolute atomic E-state index is 5.95. The molecule has 4 aromatic rings. The summed E-state index contributed by atoms with van der Waals surface area (Å²) in [6.45, 7) is 0. The monoisotopic (exact) mass is 352 g/mol. The van der Waals surface area contributed by atoms with E-state index in [0.717, 1.165) is 27.8 Å². The first-order valence-corrected chi connectivity index (χ1v) is 8.81. The van der Waals surface area contributed by atoms with Gasteiger partial charge in [-0.05, 0) is 29.8 Å². The van der Waals surface area contributed by atoms with E-state index in [-0.39, 0.29) is 0 Å². The van der Waals surface area contributed by atoms with Gasteiger partial charge in [0.2, 0.25) is 5.16 Å². The molecular formula is C18H13ClN4S. The van der Waals surface area contributed by atoms with Crippen molar-refractivity contribution in [2.24, 2.45) is 0 Å². The van der Waals surface area contributed by atoms with Crippen molar-refractivity contribution in [3.63, 3.8) is 0 Å². The molecule has 0 saturated carbocycles. The normalized spacial score (nSPS) is 11.0. The van der Waals surface area contributed by atoms with Gasteiger partial charge < -0.3 is 0 Å². The predicted octanol–water partition coefficient (Wildman–Crippen LogP) is 4.74. The van der Waals surface area contributed by atoms with Crippen molar-refractivity contribution in [3.05, 3.63) is 77.3 Å². The molecule has 0 aliphatic carbocycles. The minimum absolute atomic E-state index is 0.711. The lowest BCUT2D eigenvalue weighted by Crippen LogP contribution is -1.96. The number of thioether (sulfide) groups is 1. The Morgan fingerprint density at radius 1 is 0.875 bits per heavy atom. The van der Waals surface area contributed by atoms with Crippen LogP contribution in [0.15, 0.2) is 71.9 Å². The summed E-state index contributed by atoms with van der Waals surface area (Å²) >= 11 is 7.57. The van der Waals surface area contributed by atoms with Gasteiger partial charge in [0.15, 0.2) is 5.65 Å². The second-order valence-corrected chi connectivity index (χ2v) is 6.63. The predicted molar refractivity (Wildman–Crippen MR) is 97.2 cm³/mol. The van der Waals surface area contributed by atoms with E-state index < -0.39 is 0 Å². The molecule has 24 heavy (non-hydrogen) atoms. The highest BCUT2D eigenvalue weighted by Crippen LogP contribution is 2.24. The summed E-state index contributed by atoms with van der Waals surface area (Å²) in [5.41, 5.74) is 3.85. The zero-order valence-corrected chi connectivity index (χ0v) is 14.2. The Balaban J connectivity index is 1.64. The van der Waals surface area contributed by atoms with Gasteiger partial charge >= 0.3 is 0 Å². The van der Waals surface area contributed by atoms with Crippen molar-refractivity contribution in [1.29, 1.82) is 0 Å². The lowest BCUT2D eigenvalue weighted by atomic mass is 10.1. The Labute approximate surface area is 148 Å². The molecule has 0 saturated heterocycles. The third kappa shape index (κ3) is 3.13. The minimum atomic E-state index is 0.711. The fourth-order valence-electron chi connectivity index (χ4n) is 2.36. The van der Waals surface area contributed by atoms with Crippen molar-refractivity contribution in [3.8, 4) is 11.3 Å². The molecule has 2 aromatic carbocycles. The molecule has 0 unspecified atom stereocenters. The molecule has 4 rings (SSSR count). The fraction of sp³-hybridized carbons (Fsp3) is 0.0556. The Morgan fingerprint density at radius 2 is 1.67 bits per heavy atom. The summed E-state index contributed by atoms with van der Waals surface area (Å²) in [5.74, 6) is 0.828. The lowest BCUT2D eigenvalue weighted by Gasteiger charge is -2.03. The highest BCUT2D eigenvalue weighted by molar-refractivity contribution is 7.98. The van der Waals surface area contributed by atoms with E-state index in [9.17, 15) is 0 Å². The van der Waals surface area contributed by atoms with E-state index in [1.54, 1.807) is 16.3 Å². The van der Waals surface area contributed by atoms with Crippen LogP contribution >= 0.6 is 23.4 Å². The van der Waals surface area contributed by atoms with Crippen LogP contribution in [0, 0.1) is 0 Å². The molecule has 0 atom stereocenters. The van der Waals surface area contributed by atoms with Gasteiger partial charge in [0.25, 0.3) is 0 Å². The van der Waals surface area contributed by atoms with E-state index in [1.807, 2.05) is 54.6 Å². The Bertz CT molecular complexity index is 967. The van der Waals surface area contributed by atoms with Crippen LogP contribution in [0.1, 0.15) is 5.56 Å². The molecule has 118 valence electrons. The van der Waals surface area contributed by atoms with Crippen LogP contribution in [0.4, 0.5) is 0 Å². The number of hydrogen-bond donors (Lipinski definition) is 0. The minimum Gasteiger partial charge on any atom is -0.187 e. The first-order chi connectivity index (χ1) is 11.8. The Kier molecular flexibility index (Phi) is 4.19. The molecule has 0 spiro atoms. The van der Waals surface area contributed by atoms with Gasteiger partial charge in [0, 0.05) is 16.3 Å². The van der Waals surface area contributed by atoms with E-state index in [0.29, 0.717) is 5.02 Å². The number of aromatic nitrogens is 4. The fourth-order valence-corrected chi connectivity index (χ4v) is 3.33. The van der Waals surface area contributed by atoms with Gasteiger partial charge in [-0.3, -0.25) is 0 Å². The van der Waals surface area contributed by atoms with Gasteiger partial charge in [0.05, 0.1) is 5.69 Å². The molecule has 4 nitrogen and oxygen atoms in total. The highest BCUT2D eigenvalue weighted by atomic mass is 35.5. The smallest absolute Gasteiger partial charge is 0.187 e. The summed E-state index contributed by atoms with van der Waals surface area (Å²) in [7, 11) is 0. The lowest BCUT2D eigenvalue weighted by molar-refractivity contribution is 0.813. The van der Waals surface area contributed by atoms with Gasteiger partial charge in [-0.2, -0.15) is 9.61 Å². The largest absolute Gasteiger partial charge is 0.212 e. The molecule has 0 amide bonds. The second kappa shape index (κ2) is 6.63. The third-order valence-corrected chi connectivity index (χ3v) is 4.83. The Hall–Kier alpha value is -2.37. The summed E-state index contributed by atoms with van der Waals surface area (Å²) in [5, 5.41) is 14.6. The molecule has 0 aliphatic rings. The first-order valence-electron chi connectivity index (χ1n) is 7.45. The molecule has 2 aromatic heterocycles. The van der Waals surface area contributed by atoms with Crippen molar-refractivity contribution >= 4 is 29.0 Å². The summed E-state index contributed by atoms with van der Waals surface area (Å²) < 4.78 is 1.79. The van der Waals surface area contributed by atoms with Crippen molar-refractivity contribution in [2.75, 3.05) is 0 Å². The topological polar surface area (TPSA) is 43.1 Å². The van der Waals surface area contributed by atoms with Gasteiger partial charge in [-0.15, -0.1) is 10.2 Å². The number of fused-ring (bicyclic) bond motifs is 1. The van der Waals surface area contributed by atoms with Gasteiger partial charge in [-0.25, -0.2) is 0 Å². The second-order valence-electron chi connectivity index (χ2n) is 5.25. The van der Waals surface area contributed by atoms with E-state index in [2.05, 4.69) is 27.4 Å². The molecule has 0 aliphatic heterocycles. The average Bonchev–Trinajstić information content (AvgIpc) is 3.04. The maximum atomic E-state index is 5.95. The van der Waals surface area contributed by atoms with Gasteiger partial charge in [-0.1, -0.05) is 65.8 Å². The molecular weight excluding hydrogens is 340 g/mol. The van der Waals surface area contributed by atoms with Crippen molar-refractivity contribution < 1.29 is 0 Å². The summed E-state index contributed by atoms with van der Waals surface area (Å²) in [6.07, 6.45) is 0. The summed E-state index contributed by atoms with van der Waals surface area (Å²) in [6, 6.07) is 21.8. The average molecular weight is 353 g/mol. The number of halogens is 1. The zero-order chi connectivity index (χ0) is 16.4. The molecule has 0 N–H and O–H groups in total. The number of rotatable bonds is 4. The van der Waals surface area contributed by atoms with Crippen LogP contribution < -0.4 is 0 Å². The standard InChI is InChI=1S/C18H13ClN4S/c19-15-8-6-14(7-9-15)16-10-11-17-20-21-18(23(17)22-16)24-12-13-4-2-1-3-5-13/h1-11H,12H2. The van der Waals surface area contributed by atoms with Crippen LogP contribution in [-0.4, -0.2) is 19.8 Å². The number of nitrogens with zero attached hydrogens (tertiary/aromatic N) is 4. The maximum Gasteiger partial charge on any atom is 0.212 e. The van der Waals surface area contributed by atoms with Crippen LogP contribution in [0.3, 0.4) is 0 Å². The third-order valence-electron chi connectivity index (χ3n) is 3.58. The number of benzene rings is 2. The van der Waals surface area contributed by atoms with E-state index in [4.69, 9.17) is 11.6 Å². The van der Waals surface area contributed by atoms with Crippen LogP contribution in [0.25, 0.3) is 16.9 Å². The molecule has 6 heteroatoms. The van der Waals surface area contributed by atoms with E-state index >= 15 is 0 Å². The number of hydrogen-bond acceptors (Lipinski definition) is 4. The van der Waals surface area contributed by atoms with Crippen LogP contribution in [0.5, 0.6) is 0 Å². The molecule has 0 bridgehead atoms. The Morgan fingerprint density at radius 3 is 2.46 bits per heavy atom. The van der Waals surface area contributed by atoms with Crippen LogP contribution in [0.2, 0.25) is 5.02 Å². The zero-order valence-electron chi connectivity index (χ0n) is 12.6. The van der Waals surface area contributed by atoms with E-state index in [1.165, 1.54) is 5.56 Å².